The average Bonchev–Trinajstić information content (AvgIpc) is 3.89. The molecule has 0 saturated heterocycles. The molecule has 3 aliphatic heterocycles. The summed E-state index contributed by atoms with van der Waals surface area (Å²) in [6.07, 6.45) is 0. The van der Waals surface area contributed by atoms with Crippen molar-refractivity contribution in [2.75, 3.05) is 0 Å². The van der Waals surface area contributed by atoms with Gasteiger partial charge in [-0.15, -0.1) is 0 Å². The van der Waals surface area contributed by atoms with Gasteiger partial charge < -0.3 is 27.9 Å². The Kier molecular flexibility index (Phi) is 5.28. The Balaban J connectivity index is 1.09. The van der Waals surface area contributed by atoms with Crippen molar-refractivity contribution in [2.24, 2.45) is 0 Å². The molecule has 0 saturated carbocycles. The highest BCUT2D eigenvalue weighted by atomic mass is 16.6. The third kappa shape index (κ3) is 3.59. The van der Waals surface area contributed by atoms with Crippen molar-refractivity contribution in [2.45, 2.75) is 24.7 Å². The van der Waals surface area contributed by atoms with Crippen LogP contribution in [0.3, 0.4) is 0 Å². The lowest BCUT2D eigenvalue weighted by Crippen LogP contribution is -2.48. The van der Waals surface area contributed by atoms with E-state index in [0.717, 1.165) is 50.9 Å². The van der Waals surface area contributed by atoms with Crippen LogP contribution in [0.1, 0.15) is 47.2 Å². The molecule has 232 valence electrons. The molecule has 0 aromatic heterocycles. The van der Waals surface area contributed by atoms with E-state index in [2.05, 4.69) is 50.2 Å². The summed E-state index contributed by atoms with van der Waals surface area (Å²) in [7, 11) is -1.53. The van der Waals surface area contributed by atoms with Gasteiger partial charge in [-0.3, -0.25) is 0 Å². The van der Waals surface area contributed by atoms with E-state index in [1.54, 1.807) is 0 Å². The predicted molar refractivity (Wildman–Crippen MR) is 190 cm³/mol. The third-order valence-electron chi connectivity index (χ3n) is 11.1. The topological polar surface area (TPSA) is 55.4 Å². The van der Waals surface area contributed by atoms with Crippen LogP contribution in [-0.4, -0.2) is 21.4 Å². The van der Waals surface area contributed by atoms with E-state index in [-0.39, 0.29) is 0 Å². The molecule has 3 aliphatic carbocycles. The van der Waals surface area contributed by atoms with Crippen molar-refractivity contribution in [3.05, 3.63) is 161 Å². The maximum absolute atomic E-state index is 6.48. The molecule has 0 spiro atoms. The zero-order valence-electron chi connectivity index (χ0n) is 26.8. The van der Waals surface area contributed by atoms with Crippen molar-refractivity contribution in [1.82, 2.24) is 0 Å². The molecule has 3 heterocycles. The Bertz CT molecular complexity index is 1990. The minimum atomic E-state index is -0.576. The molecule has 12 rings (SSSR count). The molecule has 0 fully saturated rings. The third-order valence-corrected chi connectivity index (χ3v) is 11.1. The number of hydrogen-bond donors (Lipinski definition) is 0. The first-order valence-electron chi connectivity index (χ1n) is 16.7. The molecule has 6 aliphatic rings. The highest BCUT2D eigenvalue weighted by Gasteiger charge is 2.58. The summed E-state index contributed by atoms with van der Waals surface area (Å²) in [5, 5.41) is 0. The largest absolute Gasteiger partial charge is 0.632 e. The zero-order chi connectivity index (χ0) is 32.5. The molecule has 6 nitrogen and oxygen atoms in total. The minimum absolute atomic E-state index is 0.510. The van der Waals surface area contributed by atoms with E-state index in [1.165, 1.54) is 33.4 Å². The monoisotopic (exact) mass is 636 g/mol. The summed E-state index contributed by atoms with van der Waals surface area (Å²) >= 11 is 0. The lowest BCUT2D eigenvalue weighted by molar-refractivity contribution is 0.498. The molecular formula is C40H27B3O6. The van der Waals surface area contributed by atoms with E-state index in [4.69, 9.17) is 27.9 Å². The number of hydrogen-bond acceptors (Lipinski definition) is 6. The van der Waals surface area contributed by atoms with Crippen molar-refractivity contribution in [1.29, 1.82) is 0 Å². The fourth-order valence-electron chi connectivity index (χ4n) is 8.59. The van der Waals surface area contributed by atoms with Gasteiger partial charge in [0.15, 0.2) is 0 Å². The van der Waals surface area contributed by atoms with Gasteiger partial charge >= 0.3 is 21.4 Å². The van der Waals surface area contributed by atoms with Crippen LogP contribution in [0.2, 0.25) is 0 Å². The van der Waals surface area contributed by atoms with Gasteiger partial charge in [-0.2, -0.15) is 0 Å². The molecule has 9 heteroatoms. The highest BCUT2D eigenvalue weighted by Crippen LogP contribution is 2.66. The van der Waals surface area contributed by atoms with Crippen LogP contribution in [0, 0.1) is 0 Å². The standard InChI is InChI=1S/C40H27B3O6/c1-39-27-18-33-36(47-41(44-33)24-12-6-3-7-13-24)21-30(27)40(2,31-22-37-34(19-28(31)39)45-42(48-37)25-14-8-4-9-15-25)32-23-38-35(20-29(32)39)46-43(49-38)26-16-10-5-11-17-26/h3-23H,1-2H3. The molecule has 49 heavy (non-hydrogen) atoms. The molecule has 6 aromatic rings. The number of benzene rings is 6. The normalized spacial score (nSPS) is 21.1. The molecule has 0 atom stereocenters. The lowest BCUT2D eigenvalue weighted by Gasteiger charge is -2.54. The van der Waals surface area contributed by atoms with Gasteiger partial charge in [0.1, 0.15) is 34.5 Å². The Hall–Kier alpha value is -5.69. The summed E-state index contributed by atoms with van der Waals surface area (Å²) in [5.41, 5.74) is 8.78. The van der Waals surface area contributed by atoms with Crippen molar-refractivity contribution in [3.63, 3.8) is 0 Å². The van der Waals surface area contributed by atoms with Crippen molar-refractivity contribution < 1.29 is 27.9 Å². The Labute approximate surface area is 285 Å². The van der Waals surface area contributed by atoms with Crippen LogP contribution in [0.15, 0.2) is 127 Å². The Morgan fingerprint density at radius 2 is 0.531 bits per heavy atom. The van der Waals surface area contributed by atoms with E-state index in [9.17, 15) is 0 Å². The first kappa shape index (κ1) is 27.3. The zero-order valence-corrected chi connectivity index (χ0v) is 26.8. The maximum Gasteiger partial charge on any atom is 0.632 e. The van der Waals surface area contributed by atoms with E-state index >= 15 is 0 Å². The van der Waals surface area contributed by atoms with Crippen LogP contribution in [0.25, 0.3) is 0 Å². The molecule has 0 unspecified atom stereocenters. The molecule has 0 amide bonds. The summed E-state index contributed by atoms with van der Waals surface area (Å²) in [6, 6.07) is 43.3. The van der Waals surface area contributed by atoms with Crippen LogP contribution in [-0.2, 0) is 10.8 Å². The van der Waals surface area contributed by atoms with E-state index in [1.807, 2.05) is 91.0 Å². The van der Waals surface area contributed by atoms with Gasteiger partial charge in [0.2, 0.25) is 0 Å². The van der Waals surface area contributed by atoms with Gasteiger partial charge in [0.05, 0.1) is 0 Å². The second-order valence-electron chi connectivity index (χ2n) is 13.7. The minimum Gasteiger partial charge on any atom is -0.519 e. The van der Waals surface area contributed by atoms with E-state index < -0.39 is 32.2 Å². The second kappa shape index (κ2) is 9.47. The smallest absolute Gasteiger partial charge is 0.519 e. The van der Waals surface area contributed by atoms with Gasteiger partial charge in [-0.05, 0) is 83.6 Å². The molecule has 6 aromatic carbocycles. The van der Waals surface area contributed by atoms with Crippen LogP contribution in [0.4, 0.5) is 0 Å². The van der Waals surface area contributed by atoms with E-state index in [0.29, 0.717) is 0 Å². The van der Waals surface area contributed by atoms with Crippen LogP contribution in [0.5, 0.6) is 34.5 Å². The number of fused-ring (bicyclic) bond motifs is 3. The van der Waals surface area contributed by atoms with Crippen LogP contribution < -0.4 is 44.3 Å². The van der Waals surface area contributed by atoms with Crippen LogP contribution >= 0.6 is 0 Å². The van der Waals surface area contributed by atoms with Crippen molar-refractivity contribution >= 4 is 37.7 Å². The Morgan fingerprint density at radius 1 is 0.327 bits per heavy atom. The quantitative estimate of drug-likeness (QED) is 0.239. The highest BCUT2D eigenvalue weighted by molar-refractivity contribution is 6.64. The SMILES string of the molecule is CC12c3cc4c(cc3C(C)(c3cc5c(cc31)OB(c1ccccc1)O5)c1cc3c(cc12)OB(c1ccccc1)O3)OB(c1ccccc1)O4. The molecule has 2 bridgehead atoms. The first-order chi connectivity index (χ1) is 24.0. The fourth-order valence-corrected chi connectivity index (χ4v) is 8.59. The van der Waals surface area contributed by atoms with Gasteiger partial charge in [-0.25, -0.2) is 0 Å². The summed E-state index contributed by atoms with van der Waals surface area (Å²) < 4.78 is 38.9. The van der Waals surface area contributed by atoms with Gasteiger partial charge in [0.25, 0.3) is 0 Å². The molecule has 0 N–H and O–H groups in total. The first-order valence-corrected chi connectivity index (χ1v) is 16.7. The average molecular weight is 636 g/mol. The number of rotatable bonds is 3. The van der Waals surface area contributed by atoms with Crippen molar-refractivity contribution in [3.8, 4) is 34.5 Å². The lowest BCUT2D eigenvalue weighted by atomic mass is 9.48. The maximum atomic E-state index is 6.48. The Morgan fingerprint density at radius 3 is 0.735 bits per heavy atom. The fraction of sp³-hybridized carbons (Fsp3) is 0.100. The summed E-state index contributed by atoms with van der Waals surface area (Å²) in [4.78, 5) is 0. The second-order valence-corrected chi connectivity index (χ2v) is 13.7. The molecular weight excluding hydrogens is 609 g/mol. The predicted octanol–water partition coefficient (Wildman–Crippen LogP) is 5.52. The molecule has 0 radical (unpaired) electrons. The van der Waals surface area contributed by atoms with Gasteiger partial charge in [-0.1, -0.05) is 91.0 Å². The van der Waals surface area contributed by atoms with Gasteiger partial charge in [0, 0.05) is 27.2 Å². The summed E-state index contributed by atoms with van der Waals surface area (Å²) in [5.74, 6) is 4.43. The summed E-state index contributed by atoms with van der Waals surface area (Å²) in [6.45, 7) is 4.60.